The van der Waals surface area contributed by atoms with E-state index in [2.05, 4.69) is 18.0 Å². The van der Waals surface area contributed by atoms with Crippen molar-refractivity contribution in [3.63, 3.8) is 0 Å². The van der Waals surface area contributed by atoms with E-state index in [1.807, 2.05) is 18.5 Å². The lowest BCUT2D eigenvalue weighted by Gasteiger charge is -1.88. The molecule has 0 aliphatic heterocycles. The highest BCUT2D eigenvalue weighted by Crippen LogP contribution is 2.14. The molecule has 9 heavy (non-hydrogen) atoms. The first-order valence-electron chi connectivity index (χ1n) is 2.87. The first-order valence-corrected chi connectivity index (χ1v) is 3.75. The van der Waals surface area contributed by atoms with E-state index in [0.717, 1.165) is 5.01 Å². The fraction of sp³-hybridized carbons (Fsp3) is 0.286. The summed E-state index contributed by atoms with van der Waals surface area (Å²) in [5, 5.41) is 3.11. The van der Waals surface area contributed by atoms with Gasteiger partial charge in [-0.3, -0.25) is 0 Å². The molecule has 1 nitrogen and oxygen atoms in total. The maximum absolute atomic E-state index is 4.14. The van der Waals surface area contributed by atoms with Gasteiger partial charge >= 0.3 is 0 Å². The van der Waals surface area contributed by atoms with E-state index in [4.69, 9.17) is 0 Å². The predicted octanol–water partition coefficient (Wildman–Crippen LogP) is 2.57. The highest BCUT2D eigenvalue weighted by Gasteiger charge is 1.93. The summed E-state index contributed by atoms with van der Waals surface area (Å²) in [6.07, 6.45) is 3.89. The molecule has 0 radical (unpaired) electrons. The molecule has 0 aromatic carbocycles. The quantitative estimate of drug-likeness (QED) is 0.582. The second kappa shape index (κ2) is 2.78. The van der Waals surface area contributed by atoms with E-state index >= 15 is 0 Å². The zero-order valence-corrected chi connectivity index (χ0v) is 6.40. The lowest BCUT2D eigenvalue weighted by molar-refractivity contribution is 1.36. The SMILES string of the molecule is C/C=C(\C)c1nccs1. The number of hydrogen-bond donors (Lipinski definition) is 0. The van der Waals surface area contributed by atoms with Gasteiger partial charge in [0.2, 0.25) is 0 Å². The third-order valence-electron chi connectivity index (χ3n) is 1.20. The van der Waals surface area contributed by atoms with Crippen molar-refractivity contribution < 1.29 is 0 Å². The van der Waals surface area contributed by atoms with Crippen molar-refractivity contribution in [2.45, 2.75) is 13.8 Å². The first-order chi connectivity index (χ1) is 4.34. The van der Waals surface area contributed by atoms with Crippen LogP contribution in [0.5, 0.6) is 0 Å². The number of thiazole rings is 1. The number of hydrogen-bond acceptors (Lipinski definition) is 2. The van der Waals surface area contributed by atoms with Gasteiger partial charge < -0.3 is 0 Å². The summed E-state index contributed by atoms with van der Waals surface area (Å²) in [5.74, 6) is 0. The second-order valence-electron chi connectivity index (χ2n) is 1.81. The van der Waals surface area contributed by atoms with Crippen LogP contribution in [0.3, 0.4) is 0 Å². The van der Waals surface area contributed by atoms with Gasteiger partial charge in [-0.25, -0.2) is 4.98 Å². The van der Waals surface area contributed by atoms with Gasteiger partial charge in [0.15, 0.2) is 0 Å². The Kier molecular flexibility index (Phi) is 2.01. The van der Waals surface area contributed by atoms with Crippen LogP contribution in [0.25, 0.3) is 5.57 Å². The van der Waals surface area contributed by atoms with E-state index in [1.165, 1.54) is 5.57 Å². The lowest BCUT2D eigenvalue weighted by atomic mass is 10.3. The number of allylic oxidation sites excluding steroid dienone is 2. The molecule has 0 spiro atoms. The third kappa shape index (κ3) is 1.39. The zero-order valence-electron chi connectivity index (χ0n) is 5.59. The molecule has 1 heterocycles. The Balaban J connectivity index is 2.90. The van der Waals surface area contributed by atoms with Crippen LogP contribution in [0.1, 0.15) is 18.9 Å². The largest absolute Gasteiger partial charge is 0.245 e. The van der Waals surface area contributed by atoms with Crippen molar-refractivity contribution in [1.82, 2.24) is 4.98 Å². The van der Waals surface area contributed by atoms with Crippen molar-refractivity contribution in [3.8, 4) is 0 Å². The molecule has 48 valence electrons. The van der Waals surface area contributed by atoms with Gasteiger partial charge in [-0.15, -0.1) is 11.3 Å². The fourth-order valence-electron chi connectivity index (χ4n) is 0.542. The Morgan fingerprint density at radius 2 is 2.56 bits per heavy atom. The summed E-state index contributed by atoms with van der Waals surface area (Å²) >= 11 is 1.68. The van der Waals surface area contributed by atoms with Crippen LogP contribution in [0.4, 0.5) is 0 Å². The molecule has 1 aromatic rings. The Labute approximate surface area is 59.1 Å². The molecule has 0 atom stereocenters. The van der Waals surface area contributed by atoms with E-state index in [1.54, 1.807) is 11.3 Å². The summed E-state index contributed by atoms with van der Waals surface area (Å²) in [4.78, 5) is 4.14. The fourth-order valence-corrected chi connectivity index (χ4v) is 1.22. The minimum Gasteiger partial charge on any atom is -0.245 e. The predicted molar refractivity (Wildman–Crippen MR) is 41.4 cm³/mol. The van der Waals surface area contributed by atoms with Crippen LogP contribution in [0.2, 0.25) is 0 Å². The van der Waals surface area contributed by atoms with Crippen molar-refractivity contribution in [1.29, 1.82) is 0 Å². The van der Waals surface area contributed by atoms with E-state index in [9.17, 15) is 0 Å². The molecular weight excluding hydrogens is 130 g/mol. The number of nitrogens with zero attached hydrogens (tertiary/aromatic N) is 1. The number of rotatable bonds is 1. The minimum atomic E-state index is 1.12. The van der Waals surface area contributed by atoms with Crippen LogP contribution in [0.15, 0.2) is 17.7 Å². The molecule has 0 aliphatic rings. The molecule has 0 unspecified atom stereocenters. The monoisotopic (exact) mass is 139 g/mol. The summed E-state index contributed by atoms with van der Waals surface area (Å²) < 4.78 is 0. The van der Waals surface area contributed by atoms with Crippen LogP contribution in [-0.4, -0.2) is 4.98 Å². The second-order valence-corrected chi connectivity index (χ2v) is 2.70. The van der Waals surface area contributed by atoms with Gasteiger partial charge in [0.25, 0.3) is 0 Å². The molecular formula is C7H9NS. The summed E-state index contributed by atoms with van der Waals surface area (Å²) in [5.41, 5.74) is 1.25. The van der Waals surface area contributed by atoms with Crippen molar-refractivity contribution in [2.24, 2.45) is 0 Å². The Morgan fingerprint density at radius 1 is 1.78 bits per heavy atom. The lowest BCUT2D eigenvalue weighted by Crippen LogP contribution is -1.72. The van der Waals surface area contributed by atoms with Crippen LogP contribution in [-0.2, 0) is 0 Å². The molecule has 0 saturated heterocycles. The smallest absolute Gasteiger partial charge is 0.118 e. The van der Waals surface area contributed by atoms with Gasteiger partial charge in [-0.1, -0.05) is 6.08 Å². The summed E-state index contributed by atoms with van der Waals surface area (Å²) in [7, 11) is 0. The average molecular weight is 139 g/mol. The first kappa shape index (κ1) is 6.49. The highest BCUT2D eigenvalue weighted by molar-refractivity contribution is 7.10. The van der Waals surface area contributed by atoms with Crippen LogP contribution >= 0.6 is 11.3 Å². The van der Waals surface area contributed by atoms with Gasteiger partial charge in [-0.05, 0) is 19.4 Å². The topological polar surface area (TPSA) is 12.9 Å². The normalized spacial score (nSPS) is 12.0. The molecule has 0 saturated carbocycles. The maximum atomic E-state index is 4.14. The molecule has 0 amide bonds. The molecule has 2 heteroatoms. The Morgan fingerprint density at radius 3 is 3.00 bits per heavy atom. The maximum Gasteiger partial charge on any atom is 0.118 e. The van der Waals surface area contributed by atoms with Gasteiger partial charge in [0.05, 0.1) is 0 Å². The molecule has 1 aromatic heterocycles. The van der Waals surface area contributed by atoms with Crippen molar-refractivity contribution in [2.75, 3.05) is 0 Å². The highest BCUT2D eigenvalue weighted by atomic mass is 32.1. The van der Waals surface area contributed by atoms with E-state index in [0.29, 0.717) is 0 Å². The van der Waals surface area contributed by atoms with E-state index < -0.39 is 0 Å². The van der Waals surface area contributed by atoms with Crippen LogP contribution < -0.4 is 0 Å². The molecule has 0 aliphatic carbocycles. The Hall–Kier alpha value is -0.630. The zero-order chi connectivity index (χ0) is 6.69. The van der Waals surface area contributed by atoms with Crippen molar-refractivity contribution in [3.05, 3.63) is 22.7 Å². The Bertz CT molecular complexity index is 199. The standard InChI is InChI=1S/C7H9NS/c1-3-6(2)7-8-4-5-9-7/h3-5H,1-2H3/b6-3+. The molecule has 1 rings (SSSR count). The summed E-state index contributed by atoms with van der Waals surface area (Å²) in [6.45, 7) is 4.09. The summed E-state index contributed by atoms with van der Waals surface area (Å²) in [6, 6.07) is 0. The van der Waals surface area contributed by atoms with E-state index in [-0.39, 0.29) is 0 Å². The third-order valence-corrected chi connectivity index (χ3v) is 2.11. The van der Waals surface area contributed by atoms with Gasteiger partial charge in [0.1, 0.15) is 5.01 Å². The molecule has 0 N–H and O–H groups in total. The number of aromatic nitrogens is 1. The van der Waals surface area contributed by atoms with Crippen molar-refractivity contribution >= 4 is 16.9 Å². The van der Waals surface area contributed by atoms with Crippen LogP contribution in [0, 0.1) is 0 Å². The molecule has 0 fully saturated rings. The van der Waals surface area contributed by atoms with Gasteiger partial charge in [0, 0.05) is 11.6 Å². The average Bonchev–Trinajstić information content (AvgIpc) is 2.37. The minimum absolute atomic E-state index is 1.12. The molecule has 0 bridgehead atoms. The van der Waals surface area contributed by atoms with Gasteiger partial charge in [-0.2, -0.15) is 0 Å².